The van der Waals surface area contributed by atoms with E-state index in [1.807, 2.05) is 6.92 Å². The van der Waals surface area contributed by atoms with Crippen molar-refractivity contribution < 1.29 is 22.1 Å². The Kier molecular flexibility index (Phi) is 5.76. The van der Waals surface area contributed by atoms with E-state index in [1.54, 1.807) is 37.3 Å². The van der Waals surface area contributed by atoms with Crippen LogP contribution in [0.4, 0.5) is 0 Å². The summed E-state index contributed by atoms with van der Waals surface area (Å²) in [4.78, 5) is 11.3. The minimum absolute atomic E-state index is 0.0967. The fourth-order valence-corrected chi connectivity index (χ4v) is 2.80. The first-order valence-corrected chi connectivity index (χ1v) is 8.77. The summed E-state index contributed by atoms with van der Waals surface area (Å²) in [6.45, 7) is 3.92. The molecule has 0 amide bonds. The summed E-state index contributed by atoms with van der Waals surface area (Å²) in [5, 5.41) is 0. The molecule has 0 spiro atoms. The van der Waals surface area contributed by atoms with Gasteiger partial charge in [0.15, 0.2) is 0 Å². The maximum Gasteiger partial charge on any atom is 0.339 e. The quantitative estimate of drug-likeness (QED) is 0.456. The van der Waals surface area contributed by atoms with Crippen LogP contribution in [0.3, 0.4) is 0 Å². The number of carbonyl (C=O) groups is 1. The molecule has 0 fully saturated rings. The number of ether oxygens (including phenoxy) is 1. The zero-order chi connectivity index (χ0) is 17.6. The molecule has 0 bridgehead atoms. The molecule has 0 heterocycles. The van der Waals surface area contributed by atoms with E-state index in [-0.39, 0.29) is 10.6 Å². The van der Waals surface area contributed by atoms with E-state index in [0.717, 1.165) is 11.1 Å². The third-order valence-electron chi connectivity index (χ3n) is 3.09. The molecule has 0 aliphatic heterocycles. The van der Waals surface area contributed by atoms with Crippen LogP contribution in [0, 0.1) is 6.92 Å². The van der Waals surface area contributed by atoms with Crippen LogP contribution in [0.15, 0.2) is 59.5 Å². The zero-order valence-electron chi connectivity index (χ0n) is 13.4. The van der Waals surface area contributed by atoms with Crippen molar-refractivity contribution in [3.63, 3.8) is 0 Å². The maximum atomic E-state index is 12.2. The molecule has 0 aliphatic carbocycles. The Morgan fingerprint density at radius 3 is 2.25 bits per heavy atom. The van der Waals surface area contributed by atoms with Crippen LogP contribution in [0.25, 0.3) is 6.08 Å². The molecular formula is C18H18O5S. The van der Waals surface area contributed by atoms with Crippen molar-refractivity contribution in [2.45, 2.75) is 18.7 Å². The van der Waals surface area contributed by atoms with Crippen LogP contribution in [0.1, 0.15) is 18.1 Å². The summed E-state index contributed by atoms with van der Waals surface area (Å²) in [5.74, 6) is -0.233. The molecule has 0 saturated heterocycles. The summed E-state index contributed by atoms with van der Waals surface area (Å²) < 4.78 is 34.3. The highest BCUT2D eigenvalue weighted by Crippen LogP contribution is 2.20. The molecule has 5 nitrogen and oxygen atoms in total. The highest BCUT2D eigenvalue weighted by molar-refractivity contribution is 7.87. The van der Waals surface area contributed by atoms with E-state index >= 15 is 0 Å². The fraction of sp³-hybridized carbons (Fsp3) is 0.167. The minimum atomic E-state index is -3.87. The van der Waals surface area contributed by atoms with Crippen molar-refractivity contribution in [3.8, 4) is 5.75 Å². The zero-order valence-corrected chi connectivity index (χ0v) is 14.2. The highest BCUT2D eigenvalue weighted by Gasteiger charge is 2.16. The molecule has 2 rings (SSSR count). The number of hydrogen-bond acceptors (Lipinski definition) is 5. The van der Waals surface area contributed by atoms with Gasteiger partial charge >= 0.3 is 16.1 Å². The Labute approximate surface area is 141 Å². The molecule has 0 saturated carbocycles. The van der Waals surface area contributed by atoms with Gasteiger partial charge in [-0.3, -0.25) is 0 Å². The van der Waals surface area contributed by atoms with Gasteiger partial charge < -0.3 is 8.92 Å². The summed E-state index contributed by atoms with van der Waals surface area (Å²) in [7, 11) is -3.87. The van der Waals surface area contributed by atoms with Gasteiger partial charge in [0.25, 0.3) is 0 Å². The molecule has 0 aliphatic rings. The first-order valence-electron chi connectivity index (χ1n) is 7.37. The number of benzene rings is 2. The lowest BCUT2D eigenvalue weighted by molar-refractivity contribution is -0.137. The van der Waals surface area contributed by atoms with Crippen molar-refractivity contribution >= 4 is 22.2 Å². The summed E-state index contributed by atoms with van der Waals surface area (Å²) in [6.07, 6.45) is 2.89. The average molecular weight is 346 g/mol. The highest BCUT2D eigenvalue weighted by atomic mass is 32.2. The number of hydrogen-bond donors (Lipinski definition) is 0. The minimum Gasteiger partial charge on any atom is -0.463 e. The van der Waals surface area contributed by atoms with Crippen molar-refractivity contribution in [1.82, 2.24) is 0 Å². The number of rotatable bonds is 6. The summed E-state index contributed by atoms with van der Waals surface area (Å²) >= 11 is 0. The summed E-state index contributed by atoms with van der Waals surface area (Å²) in [5.41, 5.74) is 1.69. The van der Waals surface area contributed by atoms with E-state index in [4.69, 9.17) is 8.92 Å². The van der Waals surface area contributed by atoms with Gasteiger partial charge in [0, 0.05) is 6.08 Å². The standard InChI is InChI=1S/C18H18O5S/c1-3-22-18(19)13-8-15-6-9-16(10-7-15)23-24(20,21)17-11-4-14(2)5-12-17/h4-13H,3H2,1-2H3/b13-8+. The van der Waals surface area contributed by atoms with E-state index in [0.29, 0.717) is 6.61 Å². The summed E-state index contributed by atoms with van der Waals surface area (Å²) in [6, 6.07) is 12.8. The maximum absolute atomic E-state index is 12.2. The van der Waals surface area contributed by atoms with E-state index in [2.05, 4.69) is 0 Å². The van der Waals surface area contributed by atoms with E-state index < -0.39 is 16.1 Å². The van der Waals surface area contributed by atoms with Crippen molar-refractivity contribution in [2.24, 2.45) is 0 Å². The van der Waals surface area contributed by atoms with Gasteiger partial charge in [-0.05, 0) is 49.8 Å². The molecule has 0 aromatic heterocycles. The molecule has 2 aromatic carbocycles. The van der Waals surface area contributed by atoms with Gasteiger partial charge in [-0.1, -0.05) is 29.8 Å². The van der Waals surface area contributed by atoms with Crippen LogP contribution in [-0.4, -0.2) is 21.0 Å². The Hall–Kier alpha value is -2.60. The Morgan fingerprint density at radius 1 is 1.04 bits per heavy atom. The Bertz CT molecular complexity index is 819. The normalized spacial score (nSPS) is 11.4. The van der Waals surface area contributed by atoms with Crippen molar-refractivity contribution in [2.75, 3.05) is 6.61 Å². The molecule has 0 radical (unpaired) electrons. The predicted molar refractivity (Wildman–Crippen MR) is 91.1 cm³/mol. The second-order valence-corrected chi connectivity index (χ2v) is 6.55. The van der Waals surface area contributed by atoms with Crippen LogP contribution < -0.4 is 4.18 Å². The smallest absolute Gasteiger partial charge is 0.339 e. The van der Waals surface area contributed by atoms with Crippen LogP contribution in [-0.2, 0) is 19.6 Å². The first kappa shape index (κ1) is 17.7. The predicted octanol–water partition coefficient (Wildman–Crippen LogP) is 3.34. The van der Waals surface area contributed by atoms with Gasteiger partial charge in [-0.15, -0.1) is 0 Å². The lowest BCUT2D eigenvalue weighted by Crippen LogP contribution is -2.09. The second-order valence-electron chi connectivity index (χ2n) is 5.00. The Balaban J connectivity index is 2.08. The van der Waals surface area contributed by atoms with Crippen LogP contribution in [0.5, 0.6) is 5.75 Å². The monoisotopic (exact) mass is 346 g/mol. The lowest BCUT2D eigenvalue weighted by atomic mass is 10.2. The number of carbonyl (C=O) groups excluding carboxylic acids is 1. The van der Waals surface area contributed by atoms with E-state index in [1.165, 1.54) is 30.3 Å². The van der Waals surface area contributed by atoms with Gasteiger partial charge in [-0.25, -0.2) is 4.79 Å². The molecule has 24 heavy (non-hydrogen) atoms. The van der Waals surface area contributed by atoms with Crippen LogP contribution >= 0.6 is 0 Å². The molecule has 2 aromatic rings. The molecule has 126 valence electrons. The first-order chi connectivity index (χ1) is 11.4. The molecule has 0 atom stereocenters. The lowest BCUT2D eigenvalue weighted by Gasteiger charge is -2.07. The second kappa shape index (κ2) is 7.79. The van der Waals surface area contributed by atoms with Crippen LogP contribution in [0.2, 0.25) is 0 Å². The van der Waals surface area contributed by atoms with Gasteiger partial charge in [0.2, 0.25) is 0 Å². The number of esters is 1. The van der Waals surface area contributed by atoms with Crippen molar-refractivity contribution in [1.29, 1.82) is 0 Å². The third-order valence-corrected chi connectivity index (χ3v) is 4.36. The van der Waals surface area contributed by atoms with Gasteiger partial charge in [0.05, 0.1) is 6.61 Å². The van der Waals surface area contributed by atoms with Gasteiger partial charge in [-0.2, -0.15) is 8.42 Å². The molecular weight excluding hydrogens is 328 g/mol. The fourth-order valence-electron chi connectivity index (χ4n) is 1.87. The molecule has 6 heteroatoms. The largest absolute Gasteiger partial charge is 0.463 e. The SMILES string of the molecule is CCOC(=O)/C=C/c1ccc(OS(=O)(=O)c2ccc(C)cc2)cc1. The molecule has 0 N–H and O–H groups in total. The third kappa shape index (κ3) is 4.96. The van der Waals surface area contributed by atoms with Gasteiger partial charge in [0.1, 0.15) is 10.6 Å². The number of aryl methyl sites for hydroxylation is 1. The topological polar surface area (TPSA) is 69.7 Å². The molecule has 0 unspecified atom stereocenters. The Morgan fingerprint density at radius 2 is 1.67 bits per heavy atom. The van der Waals surface area contributed by atoms with Crippen molar-refractivity contribution in [3.05, 3.63) is 65.7 Å². The average Bonchev–Trinajstić information content (AvgIpc) is 2.54. The van der Waals surface area contributed by atoms with E-state index in [9.17, 15) is 13.2 Å².